The molecular weight excluding hydrogens is 303 g/mol. The van der Waals surface area contributed by atoms with Crippen LogP contribution in [0.4, 0.5) is 10.5 Å². The van der Waals surface area contributed by atoms with Crippen LogP contribution in [0.5, 0.6) is 0 Å². The Bertz CT molecular complexity index is 524. The lowest BCUT2D eigenvalue weighted by Crippen LogP contribution is -2.55. The molecule has 0 aromatic heterocycles. The Hall–Kier alpha value is -1.46. The molecule has 0 atom stereocenters. The van der Waals surface area contributed by atoms with E-state index in [1.54, 1.807) is 18.2 Å². The van der Waals surface area contributed by atoms with Gasteiger partial charge in [0.15, 0.2) is 0 Å². The van der Waals surface area contributed by atoms with Crippen LogP contribution in [0.25, 0.3) is 0 Å². The van der Waals surface area contributed by atoms with Gasteiger partial charge in [-0.05, 0) is 37.5 Å². The summed E-state index contributed by atoms with van der Waals surface area (Å²) < 4.78 is 0. The van der Waals surface area contributed by atoms with Crippen molar-refractivity contribution >= 4 is 40.9 Å². The number of hydrogen-bond acceptors (Lipinski definition) is 2. The van der Waals surface area contributed by atoms with Gasteiger partial charge in [0.05, 0.1) is 12.0 Å². The summed E-state index contributed by atoms with van der Waals surface area (Å²) in [5.74, 6) is -0.921. The molecule has 0 unspecified atom stereocenters. The largest absolute Gasteiger partial charge is 0.481 e. The van der Waals surface area contributed by atoms with Gasteiger partial charge in [-0.25, -0.2) is 4.79 Å². The number of carboxylic acid groups (broad SMARTS) is 1. The average Bonchev–Trinajstić information content (AvgIpc) is 2.23. The SMILES string of the molecule is O=C(O)CC1(NC(=O)Nc2cc(Cl)cc(Cl)c2)CCC1. The van der Waals surface area contributed by atoms with Crippen LogP contribution in [-0.2, 0) is 4.79 Å². The zero-order valence-corrected chi connectivity index (χ0v) is 12.1. The summed E-state index contributed by atoms with van der Waals surface area (Å²) in [5, 5.41) is 15.1. The summed E-state index contributed by atoms with van der Waals surface area (Å²) >= 11 is 11.7. The van der Waals surface area contributed by atoms with E-state index in [1.807, 2.05) is 0 Å². The normalized spacial score (nSPS) is 16.1. The van der Waals surface area contributed by atoms with E-state index in [0.717, 1.165) is 6.42 Å². The smallest absolute Gasteiger partial charge is 0.319 e. The summed E-state index contributed by atoms with van der Waals surface area (Å²) in [7, 11) is 0. The number of rotatable bonds is 4. The second-order valence-corrected chi connectivity index (χ2v) is 5.81. The predicted molar refractivity (Wildman–Crippen MR) is 77.5 cm³/mol. The maximum absolute atomic E-state index is 11.9. The molecule has 5 nitrogen and oxygen atoms in total. The maximum atomic E-state index is 11.9. The minimum Gasteiger partial charge on any atom is -0.481 e. The highest BCUT2D eigenvalue weighted by Crippen LogP contribution is 2.35. The standard InChI is InChI=1S/C13H14Cl2N2O3/c14-8-4-9(15)6-10(5-8)16-12(20)17-13(2-1-3-13)7-11(18)19/h4-6H,1-3,7H2,(H,18,19)(H2,16,17,20). The minimum absolute atomic E-state index is 0.0727. The van der Waals surface area contributed by atoms with Crippen molar-refractivity contribution in [2.45, 2.75) is 31.2 Å². The molecule has 2 amide bonds. The zero-order valence-electron chi connectivity index (χ0n) is 10.6. The third kappa shape index (κ3) is 3.77. The third-order valence-corrected chi connectivity index (χ3v) is 3.74. The van der Waals surface area contributed by atoms with Gasteiger partial charge < -0.3 is 15.7 Å². The topological polar surface area (TPSA) is 78.4 Å². The number of carboxylic acids is 1. The molecule has 3 N–H and O–H groups in total. The molecule has 1 aromatic rings. The molecule has 0 radical (unpaired) electrons. The first kappa shape index (κ1) is 14.9. The molecular formula is C13H14Cl2N2O3. The van der Waals surface area contributed by atoms with Gasteiger partial charge in [-0.1, -0.05) is 23.2 Å². The molecule has 0 aliphatic heterocycles. The van der Waals surface area contributed by atoms with Crippen LogP contribution in [0.15, 0.2) is 18.2 Å². The Morgan fingerprint density at radius 3 is 2.25 bits per heavy atom. The Kier molecular flexibility index (Phi) is 4.40. The maximum Gasteiger partial charge on any atom is 0.319 e. The van der Waals surface area contributed by atoms with Crippen LogP contribution in [0, 0.1) is 0 Å². The third-order valence-electron chi connectivity index (χ3n) is 3.30. The highest BCUT2D eigenvalue weighted by atomic mass is 35.5. The van der Waals surface area contributed by atoms with Gasteiger partial charge in [0.2, 0.25) is 0 Å². The van der Waals surface area contributed by atoms with Crippen LogP contribution in [0.2, 0.25) is 10.0 Å². The highest BCUT2D eigenvalue weighted by molar-refractivity contribution is 6.35. The number of amides is 2. The van der Waals surface area contributed by atoms with Gasteiger partial charge in [0.25, 0.3) is 0 Å². The van der Waals surface area contributed by atoms with Crippen molar-refractivity contribution in [3.05, 3.63) is 28.2 Å². The number of nitrogens with one attached hydrogen (secondary N) is 2. The molecule has 1 saturated carbocycles. The second kappa shape index (κ2) is 5.89. The first-order valence-corrected chi connectivity index (χ1v) is 6.91. The van der Waals surface area contributed by atoms with E-state index < -0.39 is 17.5 Å². The molecule has 1 aliphatic rings. The number of carbonyl (C=O) groups is 2. The first-order valence-electron chi connectivity index (χ1n) is 6.16. The number of hydrogen-bond donors (Lipinski definition) is 3. The van der Waals surface area contributed by atoms with Crippen molar-refractivity contribution < 1.29 is 14.7 Å². The van der Waals surface area contributed by atoms with Gasteiger partial charge in [-0.2, -0.15) is 0 Å². The summed E-state index contributed by atoms with van der Waals surface area (Å²) in [6.07, 6.45) is 2.18. The number of anilines is 1. The van der Waals surface area contributed by atoms with Crippen molar-refractivity contribution in [1.29, 1.82) is 0 Å². The van der Waals surface area contributed by atoms with E-state index >= 15 is 0 Å². The van der Waals surface area contributed by atoms with E-state index in [2.05, 4.69) is 10.6 Å². The van der Waals surface area contributed by atoms with Crippen LogP contribution in [0.3, 0.4) is 0 Å². The lowest BCUT2D eigenvalue weighted by atomic mass is 9.74. The minimum atomic E-state index is -0.921. The van der Waals surface area contributed by atoms with Gasteiger partial charge in [0.1, 0.15) is 0 Å². The summed E-state index contributed by atoms with van der Waals surface area (Å²) in [6.45, 7) is 0. The zero-order chi connectivity index (χ0) is 14.8. The lowest BCUT2D eigenvalue weighted by Gasteiger charge is -2.41. The van der Waals surface area contributed by atoms with Crippen LogP contribution < -0.4 is 10.6 Å². The van der Waals surface area contributed by atoms with E-state index in [0.29, 0.717) is 28.6 Å². The molecule has 7 heteroatoms. The molecule has 0 saturated heterocycles. The molecule has 2 rings (SSSR count). The second-order valence-electron chi connectivity index (χ2n) is 4.94. The molecule has 1 aromatic carbocycles. The first-order chi connectivity index (χ1) is 9.38. The van der Waals surface area contributed by atoms with Crippen molar-refractivity contribution in [3.8, 4) is 0 Å². The fourth-order valence-corrected chi connectivity index (χ4v) is 2.79. The number of aliphatic carboxylic acids is 1. The van der Waals surface area contributed by atoms with E-state index in [-0.39, 0.29) is 6.42 Å². The molecule has 20 heavy (non-hydrogen) atoms. The van der Waals surface area contributed by atoms with Gasteiger partial charge in [-0.3, -0.25) is 4.79 Å². The van der Waals surface area contributed by atoms with E-state index in [1.165, 1.54) is 0 Å². The Morgan fingerprint density at radius 1 is 1.20 bits per heavy atom. The monoisotopic (exact) mass is 316 g/mol. The number of carbonyl (C=O) groups excluding carboxylic acids is 1. The van der Waals surface area contributed by atoms with Crippen molar-refractivity contribution in [2.75, 3.05) is 5.32 Å². The lowest BCUT2D eigenvalue weighted by molar-refractivity contribution is -0.139. The Labute approximate surface area is 126 Å². The Balaban J connectivity index is 1.99. The summed E-state index contributed by atoms with van der Waals surface area (Å²) in [5.41, 5.74) is -0.178. The summed E-state index contributed by atoms with van der Waals surface area (Å²) in [6, 6.07) is 4.24. The molecule has 1 fully saturated rings. The van der Waals surface area contributed by atoms with E-state index in [4.69, 9.17) is 28.3 Å². The fourth-order valence-electron chi connectivity index (χ4n) is 2.27. The van der Waals surface area contributed by atoms with Crippen molar-refractivity contribution in [1.82, 2.24) is 5.32 Å². The van der Waals surface area contributed by atoms with Crippen molar-refractivity contribution in [2.24, 2.45) is 0 Å². The molecule has 0 bridgehead atoms. The van der Waals surface area contributed by atoms with Gasteiger partial charge >= 0.3 is 12.0 Å². The molecule has 108 valence electrons. The molecule has 1 aliphatic carbocycles. The predicted octanol–water partition coefficient (Wildman–Crippen LogP) is 3.51. The number of benzene rings is 1. The average molecular weight is 317 g/mol. The summed E-state index contributed by atoms with van der Waals surface area (Å²) in [4.78, 5) is 22.8. The molecule has 0 heterocycles. The van der Waals surface area contributed by atoms with Gasteiger partial charge in [-0.15, -0.1) is 0 Å². The number of halogens is 2. The van der Waals surface area contributed by atoms with Crippen molar-refractivity contribution in [3.63, 3.8) is 0 Å². The van der Waals surface area contributed by atoms with Gasteiger partial charge in [0, 0.05) is 15.7 Å². The highest BCUT2D eigenvalue weighted by Gasteiger charge is 2.40. The van der Waals surface area contributed by atoms with Crippen LogP contribution >= 0.6 is 23.2 Å². The fraction of sp³-hybridized carbons (Fsp3) is 0.385. The van der Waals surface area contributed by atoms with Crippen LogP contribution in [0.1, 0.15) is 25.7 Å². The Morgan fingerprint density at radius 2 is 1.80 bits per heavy atom. The van der Waals surface area contributed by atoms with Crippen LogP contribution in [-0.4, -0.2) is 22.6 Å². The molecule has 0 spiro atoms. The number of urea groups is 1. The quantitative estimate of drug-likeness (QED) is 0.795. The van der Waals surface area contributed by atoms with E-state index in [9.17, 15) is 9.59 Å².